The van der Waals surface area contributed by atoms with Crippen LogP contribution >= 0.6 is 11.6 Å². The van der Waals surface area contributed by atoms with E-state index in [0.717, 1.165) is 47.4 Å². The molecule has 2 aromatic carbocycles. The van der Waals surface area contributed by atoms with Gasteiger partial charge in [-0.25, -0.2) is 0 Å². The van der Waals surface area contributed by atoms with Crippen LogP contribution in [0.5, 0.6) is 0 Å². The van der Waals surface area contributed by atoms with Crippen molar-refractivity contribution >= 4 is 11.6 Å². The van der Waals surface area contributed by atoms with Gasteiger partial charge in [-0.1, -0.05) is 63.1 Å². The Morgan fingerprint density at radius 2 is 1.71 bits per heavy atom. The number of hydrogen-bond donors (Lipinski definition) is 0. The second-order valence-corrected chi connectivity index (χ2v) is 8.04. The fourth-order valence-electron chi connectivity index (χ4n) is 3.39. The van der Waals surface area contributed by atoms with Crippen LogP contribution in [0.25, 0.3) is 0 Å². The van der Waals surface area contributed by atoms with E-state index in [-0.39, 0.29) is 5.56 Å². The SMILES string of the molecule is CCC.CCc1cccc(C#N)c1.O=c1c2c(ccn1Cc1ccc(Cl)cc1)CCC2. The molecule has 0 spiro atoms. The molecular formula is C27H31ClN2O. The first-order chi connectivity index (χ1) is 15.0. The average Bonchev–Trinajstić information content (AvgIpc) is 3.28. The Hall–Kier alpha value is -2.83. The predicted octanol–water partition coefficient (Wildman–Crippen LogP) is 6.58. The highest BCUT2D eigenvalue weighted by Gasteiger charge is 2.15. The lowest BCUT2D eigenvalue weighted by Crippen LogP contribution is -2.23. The summed E-state index contributed by atoms with van der Waals surface area (Å²) < 4.78 is 1.79. The highest BCUT2D eigenvalue weighted by Crippen LogP contribution is 2.18. The van der Waals surface area contributed by atoms with Crippen LogP contribution in [0.2, 0.25) is 5.02 Å². The minimum absolute atomic E-state index is 0.167. The molecule has 0 unspecified atom stereocenters. The third-order valence-corrected chi connectivity index (χ3v) is 5.22. The first-order valence-electron chi connectivity index (χ1n) is 11.0. The fourth-order valence-corrected chi connectivity index (χ4v) is 3.51. The zero-order valence-electron chi connectivity index (χ0n) is 18.7. The molecule has 0 fully saturated rings. The van der Waals surface area contributed by atoms with E-state index in [4.69, 9.17) is 16.9 Å². The maximum atomic E-state index is 12.3. The lowest BCUT2D eigenvalue weighted by Gasteiger charge is -2.08. The fraction of sp³-hybridized carbons (Fsp3) is 0.333. The molecule has 3 nitrogen and oxygen atoms in total. The van der Waals surface area contributed by atoms with Gasteiger partial charge >= 0.3 is 0 Å². The Balaban J connectivity index is 0.000000223. The molecule has 162 valence electrons. The number of nitrogens with zero attached hydrogens (tertiary/aromatic N) is 2. The molecule has 1 aromatic heterocycles. The molecule has 4 heteroatoms. The van der Waals surface area contributed by atoms with Crippen LogP contribution in [0, 0.1) is 11.3 Å². The Bertz CT molecular complexity index is 1060. The predicted molar refractivity (Wildman–Crippen MR) is 130 cm³/mol. The number of pyridine rings is 1. The van der Waals surface area contributed by atoms with Crippen molar-refractivity contribution < 1.29 is 0 Å². The molecule has 0 aliphatic heterocycles. The highest BCUT2D eigenvalue weighted by molar-refractivity contribution is 6.30. The van der Waals surface area contributed by atoms with Gasteiger partial charge in [-0.05, 0) is 72.7 Å². The molecule has 4 rings (SSSR count). The molecule has 0 radical (unpaired) electrons. The molecule has 1 aliphatic carbocycles. The van der Waals surface area contributed by atoms with Gasteiger partial charge in [-0.2, -0.15) is 5.26 Å². The Morgan fingerprint density at radius 3 is 2.35 bits per heavy atom. The van der Waals surface area contributed by atoms with Crippen LogP contribution in [-0.4, -0.2) is 4.57 Å². The topological polar surface area (TPSA) is 45.8 Å². The molecule has 0 saturated heterocycles. The molecule has 0 N–H and O–H groups in total. The van der Waals surface area contributed by atoms with E-state index >= 15 is 0 Å². The Kier molecular flexibility index (Phi) is 10.1. The van der Waals surface area contributed by atoms with Gasteiger partial charge in [0.1, 0.15) is 0 Å². The minimum Gasteiger partial charge on any atom is -0.311 e. The summed E-state index contributed by atoms with van der Waals surface area (Å²) in [6.07, 6.45) is 7.23. The summed E-state index contributed by atoms with van der Waals surface area (Å²) in [6, 6.07) is 19.5. The van der Waals surface area contributed by atoms with E-state index in [0.29, 0.717) is 6.54 Å². The van der Waals surface area contributed by atoms with Gasteiger partial charge in [0.15, 0.2) is 0 Å². The maximum Gasteiger partial charge on any atom is 0.254 e. The average molecular weight is 435 g/mol. The van der Waals surface area contributed by atoms with Crippen LogP contribution in [0.15, 0.2) is 65.6 Å². The van der Waals surface area contributed by atoms with Gasteiger partial charge in [0, 0.05) is 16.8 Å². The number of halogens is 1. The largest absolute Gasteiger partial charge is 0.311 e. The van der Waals surface area contributed by atoms with Crippen molar-refractivity contribution in [2.45, 2.75) is 59.4 Å². The molecule has 1 aliphatic rings. The van der Waals surface area contributed by atoms with E-state index in [2.05, 4.69) is 32.9 Å². The molecule has 1 heterocycles. The van der Waals surface area contributed by atoms with Gasteiger partial charge < -0.3 is 4.57 Å². The zero-order valence-corrected chi connectivity index (χ0v) is 19.5. The van der Waals surface area contributed by atoms with Crippen molar-refractivity contribution in [3.05, 3.63) is 104 Å². The molecular weight excluding hydrogens is 404 g/mol. The van der Waals surface area contributed by atoms with E-state index in [1.54, 1.807) is 4.57 Å². The lowest BCUT2D eigenvalue weighted by molar-refractivity contribution is 0.747. The van der Waals surface area contributed by atoms with E-state index in [9.17, 15) is 4.79 Å². The molecule has 0 atom stereocenters. The molecule has 0 saturated carbocycles. The van der Waals surface area contributed by atoms with Crippen LogP contribution in [0.1, 0.15) is 61.4 Å². The number of aromatic nitrogens is 1. The number of aryl methyl sites for hydroxylation is 2. The highest BCUT2D eigenvalue weighted by atomic mass is 35.5. The van der Waals surface area contributed by atoms with Crippen molar-refractivity contribution in [1.82, 2.24) is 4.57 Å². The zero-order chi connectivity index (χ0) is 22.6. The van der Waals surface area contributed by atoms with Crippen LogP contribution in [0.4, 0.5) is 0 Å². The second-order valence-electron chi connectivity index (χ2n) is 7.61. The number of nitriles is 1. The normalized spacial score (nSPS) is 11.3. The van der Waals surface area contributed by atoms with Crippen molar-refractivity contribution in [1.29, 1.82) is 5.26 Å². The summed E-state index contributed by atoms with van der Waals surface area (Å²) in [6.45, 7) is 6.94. The number of benzene rings is 2. The third-order valence-electron chi connectivity index (χ3n) is 4.97. The van der Waals surface area contributed by atoms with E-state index in [1.165, 1.54) is 17.5 Å². The van der Waals surface area contributed by atoms with Gasteiger partial charge in [0.2, 0.25) is 0 Å². The van der Waals surface area contributed by atoms with Crippen molar-refractivity contribution in [2.24, 2.45) is 0 Å². The lowest BCUT2D eigenvalue weighted by atomic mass is 10.1. The van der Waals surface area contributed by atoms with Crippen molar-refractivity contribution in [3.8, 4) is 6.07 Å². The number of fused-ring (bicyclic) bond motifs is 1. The van der Waals surface area contributed by atoms with Crippen LogP contribution in [0.3, 0.4) is 0 Å². The van der Waals surface area contributed by atoms with Crippen molar-refractivity contribution in [3.63, 3.8) is 0 Å². The monoisotopic (exact) mass is 434 g/mol. The minimum atomic E-state index is 0.167. The smallest absolute Gasteiger partial charge is 0.254 e. The second kappa shape index (κ2) is 12.8. The van der Waals surface area contributed by atoms with Crippen LogP contribution < -0.4 is 5.56 Å². The quantitative estimate of drug-likeness (QED) is 0.467. The molecule has 0 amide bonds. The number of hydrogen-bond acceptors (Lipinski definition) is 2. The Morgan fingerprint density at radius 1 is 1.00 bits per heavy atom. The van der Waals surface area contributed by atoms with Gasteiger partial charge in [-0.3, -0.25) is 4.79 Å². The van der Waals surface area contributed by atoms with Gasteiger partial charge in [0.25, 0.3) is 5.56 Å². The molecule has 0 bridgehead atoms. The summed E-state index contributed by atoms with van der Waals surface area (Å²) in [5.74, 6) is 0. The summed E-state index contributed by atoms with van der Waals surface area (Å²) in [7, 11) is 0. The number of rotatable bonds is 3. The third kappa shape index (κ3) is 7.42. The first kappa shape index (κ1) is 24.4. The van der Waals surface area contributed by atoms with Crippen LogP contribution in [-0.2, 0) is 25.8 Å². The van der Waals surface area contributed by atoms with Gasteiger partial charge in [0.05, 0.1) is 18.2 Å². The standard InChI is InChI=1S/C15H14ClNO.C9H9N.C3H8/c16-13-6-4-11(5-7-13)10-17-9-8-12-2-1-3-14(12)15(17)18;1-2-8-4-3-5-9(6-8)7-10;1-3-2/h4-9H,1-3,10H2;3-6H,2H2,1H3;3H2,1-2H3. The summed E-state index contributed by atoms with van der Waals surface area (Å²) >= 11 is 5.85. The summed E-state index contributed by atoms with van der Waals surface area (Å²) in [4.78, 5) is 12.3. The van der Waals surface area contributed by atoms with E-state index in [1.807, 2.05) is 54.7 Å². The summed E-state index contributed by atoms with van der Waals surface area (Å²) in [5.41, 5.74) is 5.47. The maximum absolute atomic E-state index is 12.3. The molecule has 3 aromatic rings. The molecule has 31 heavy (non-hydrogen) atoms. The van der Waals surface area contributed by atoms with Crippen molar-refractivity contribution in [2.75, 3.05) is 0 Å². The summed E-state index contributed by atoms with van der Waals surface area (Å²) in [5, 5.41) is 9.23. The van der Waals surface area contributed by atoms with Gasteiger partial charge in [-0.15, -0.1) is 0 Å². The van der Waals surface area contributed by atoms with E-state index < -0.39 is 0 Å². The Labute approximate surface area is 190 Å². The first-order valence-corrected chi connectivity index (χ1v) is 11.3.